The molecule has 20 heavy (non-hydrogen) atoms. The number of aryl methyl sites for hydroxylation is 2. The molecule has 3 nitrogen and oxygen atoms in total. The Labute approximate surface area is 122 Å². The predicted molar refractivity (Wildman–Crippen MR) is 84.0 cm³/mol. The van der Waals surface area contributed by atoms with Crippen LogP contribution in [0, 0.1) is 19.8 Å². The van der Waals surface area contributed by atoms with E-state index in [2.05, 4.69) is 49.6 Å². The van der Waals surface area contributed by atoms with Gasteiger partial charge < -0.3 is 10.6 Å². The lowest BCUT2D eigenvalue weighted by atomic mass is 9.86. The second-order valence-corrected chi connectivity index (χ2v) is 6.11. The van der Waals surface area contributed by atoms with E-state index in [1.54, 1.807) is 0 Å². The van der Waals surface area contributed by atoms with E-state index >= 15 is 0 Å². The first kappa shape index (κ1) is 14.9. The highest BCUT2D eigenvalue weighted by molar-refractivity contribution is 5.81. The number of carbonyl (C=O) groups excluding carboxylic acids is 1. The van der Waals surface area contributed by atoms with Crippen LogP contribution in [-0.2, 0) is 4.79 Å². The number of hydrogen-bond acceptors (Lipinski definition) is 2. The molecule has 1 amide bonds. The zero-order chi connectivity index (χ0) is 14.5. The van der Waals surface area contributed by atoms with Gasteiger partial charge in [0.2, 0.25) is 5.91 Å². The van der Waals surface area contributed by atoms with Crippen LogP contribution >= 0.6 is 0 Å². The summed E-state index contributed by atoms with van der Waals surface area (Å²) >= 11 is 0. The van der Waals surface area contributed by atoms with Crippen LogP contribution < -0.4 is 10.6 Å². The van der Waals surface area contributed by atoms with Gasteiger partial charge in [-0.05, 0) is 49.8 Å². The minimum absolute atomic E-state index is 0.102. The molecule has 0 aromatic heterocycles. The normalized spacial score (nSPS) is 22.4. The molecule has 2 atom stereocenters. The van der Waals surface area contributed by atoms with Crippen LogP contribution in [0.4, 0.5) is 5.69 Å². The number of rotatable bonds is 4. The summed E-state index contributed by atoms with van der Waals surface area (Å²) in [5.74, 6) is 0.707. The van der Waals surface area contributed by atoms with E-state index in [1.165, 1.54) is 30.4 Å². The predicted octanol–water partition coefficient (Wildman–Crippen LogP) is 3.41. The fourth-order valence-electron chi connectivity index (χ4n) is 2.89. The van der Waals surface area contributed by atoms with E-state index in [9.17, 15) is 4.79 Å². The van der Waals surface area contributed by atoms with Gasteiger partial charge >= 0.3 is 0 Å². The third-order valence-corrected chi connectivity index (χ3v) is 4.29. The van der Waals surface area contributed by atoms with Crippen molar-refractivity contribution in [2.45, 2.75) is 52.5 Å². The maximum Gasteiger partial charge on any atom is 0.239 e. The molecule has 0 radical (unpaired) electrons. The summed E-state index contributed by atoms with van der Waals surface area (Å²) < 4.78 is 0. The van der Waals surface area contributed by atoms with Gasteiger partial charge in [0.1, 0.15) is 0 Å². The molecule has 0 spiro atoms. The van der Waals surface area contributed by atoms with Crippen LogP contribution in [0.3, 0.4) is 0 Å². The summed E-state index contributed by atoms with van der Waals surface area (Å²) in [6, 6.07) is 6.62. The maximum atomic E-state index is 12.1. The minimum Gasteiger partial charge on any atom is -0.376 e. The first-order chi connectivity index (χ1) is 9.56. The number of carbonyl (C=O) groups is 1. The largest absolute Gasteiger partial charge is 0.376 e. The van der Waals surface area contributed by atoms with Crippen LogP contribution in [-0.4, -0.2) is 18.5 Å². The zero-order valence-corrected chi connectivity index (χ0v) is 12.8. The molecule has 0 heterocycles. The fourth-order valence-corrected chi connectivity index (χ4v) is 2.89. The maximum absolute atomic E-state index is 12.1. The summed E-state index contributed by atoms with van der Waals surface area (Å²) in [7, 11) is 0. The Balaban J connectivity index is 1.84. The molecule has 1 aromatic carbocycles. The third-order valence-electron chi connectivity index (χ3n) is 4.29. The van der Waals surface area contributed by atoms with Crippen LogP contribution in [0.5, 0.6) is 0 Å². The van der Waals surface area contributed by atoms with Crippen molar-refractivity contribution in [1.82, 2.24) is 5.32 Å². The Hall–Kier alpha value is -1.51. The number of benzene rings is 1. The van der Waals surface area contributed by atoms with Gasteiger partial charge in [-0.2, -0.15) is 0 Å². The molecular weight excluding hydrogens is 248 g/mol. The molecule has 1 fully saturated rings. The second-order valence-electron chi connectivity index (χ2n) is 6.11. The molecule has 0 bridgehead atoms. The van der Waals surface area contributed by atoms with Crippen molar-refractivity contribution in [3.05, 3.63) is 29.3 Å². The van der Waals surface area contributed by atoms with Crippen molar-refractivity contribution in [3.8, 4) is 0 Å². The summed E-state index contributed by atoms with van der Waals surface area (Å²) in [5, 5.41) is 6.42. The van der Waals surface area contributed by atoms with Gasteiger partial charge in [-0.25, -0.2) is 0 Å². The van der Waals surface area contributed by atoms with Crippen LogP contribution in [0.2, 0.25) is 0 Å². The van der Waals surface area contributed by atoms with Crippen molar-refractivity contribution >= 4 is 11.6 Å². The van der Waals surface area contributed by atoms with Gasteiger partial charge in [0.25, 0.3) is 0 Å². The van der Waals surface area contributed by atoms with E-state index in [0.717, 1.165) is 12.1 Å². The van der Waals surface area contributed by atoms with Crippen LogP contribution in [0.25, 0.3) is 0 Å². The molecule has 1 aliphatic rings. The molecule has 110 valence electrons. The molecule has 0 aliphatic heterocycles. The summed E-state index contributed by atoms with van der Waals surface area (Å²) in [5.41, 5.74) is 3.44. The summed E-state index contributed by atoms with van der Waals surface area (Å²) in [6.07, 6.45) is 4.89. The van der Waals surface area contributed by atoms with Crippen LogP contribution in [0.15, 0.2) is 18.2 Å². The number of nitrogens with one attached hydrogen (secondary N) is 2. The molecule has 1 saturated carbocycles. The molecule has 2 N–H and O–H groups in total. The summed E-state index contributed by atoms with van der Waals surface area (Å²) in [6.45, 7) is 6.72. The molecule has 1 aromatic rings. The van der Waals surface area contributed by atoms with E-state index in [-0.39, 0.29) is 5.91 Å². The van der Waals surface area contributed by atoms with Crippen molar-refractivity contribution in [3.63, 3.8) is 0 Å². The molecule has 3 heteroatoms. The van der Waals surface area contributed by atoms with Gasteiger partial charge in [0, 0.05) is 11.7 Å². The lowest BCUT2D eigenvalue weighted by Gasteiger charge is -2.29. The third kappa shape index (κ3) is 3.99. The van der Waals surface area contributed by atoms with E-state index in [0.29, 0.717) is 18.5 Å². The van der Waals surface area contributed by atoms with Gasteiger partial charge in [-0.15, -0.1) is 0 Å². The summed E-state index contributed by atoms with van der Waals surface area (Å²) in [4.78, 5) is 12.1. The van der Waals surface area contributed by atoms with Crippen molar-refractivity contribution in [2.24, 2.45) is 5.92 Å². The zero-order valence-electron chi connectivity index (χ0n) is 12.8. The quantitative estimate of drug-likeness (QED) is 0.883. The van der Waals surface area contributed by atoms with E-state index in [4.69, 9.17) is 0 Å². The van der Waals surface area contributed by atoms with Gasteiger partial charge in [-0.3, -0.25) is 4.79 Å². The first-order valence-electron chi connectivity index (χ1n) is 7.67. The Morgan fingerprint density at radius 2 is 2.00 bits per heavy atom. The topological polar surface area (TPSA) is 41.1 Å². The van der Waals surface area contributed by atoms with E-state index < -0.39 is 0 Å². The minimum atomic E-state index is 0.102. The SMILES string of the molecule is Cc1ccc(C)c(NCC(=O)NC2CCCCC2C)c1. The standard InChI is InChI=1S/C17H26N2O/c1-12-8-9-14(3)16(10-12)18-11-17(20)19-15-7-5-4-6-13(15)2/h8-10,13,15,18H,4-7,11H2,1-3H3,(H,19,20). The van der Waals surface area contributed by atoms with Crippen molar-refractivity contribution < 1.29 is 4.79 Å². The number of amides is 1. The highest BCUT2D eigenvalue weighted by Gasteiger charge is 2.22. The highest BCUT2D eigenvalue weighted by Crippen LogP contribution is 2.23. The van der Waals surface area contributed by atoms with Gasteiger partial charge in [-0.1, -0.05) is 31.9 Å². The lowest BCUT2D eigenvalue weighted by molar-refractivity contribution is -0.120. The smallest absolute Gasteiger partial charge is 0.239 e. The number of anilines is 1. The van der Waals surface area contributed by atoms with Crippen molar-refractivity contribution in [2.75, 3.05) is 11.9 Å². The fraction of sp³-hybridized carbons (Fsp3) is 0.588. The first-order valence-corrected chi connectivity index (χ1v) is 7.67. The lowest BCUT2D eigenvalue weighted by Crippen LogP contribution is -2.43. The Bertz CT molecular complexity index is 470. The molecule has 1 aliphatic carbocycles. The average Bonchev–Trinajstić information content (AvgIpc) is 2.42. The Morgan fingerprint density at radius 3 is 2.75 bits per heavy atom. The number of hydrogen-bond donors (Lipinski definition) is 2. The van der Waals surface area contributed by atoms with E-state index in [1.807, 2.05) is 0 Å². The average molecular weight is 274 g/mol. The second kappa shape index (κ2) is 6.78. The monoisotopic (exact) mass is 274 g/mol. The van der Waals surface area contributed by atoms with Crippen LogP contribution in [0.1, 0.15) is 43.7 Å². The Morgan fingerprint density at radius 1 is 1.25 bits per heavy atom. The molecule has 2 rings (SSSR count). The molecular formula is C17H26N2O. The van der Waals surface area contributed by atoms with Gasteiger partial charge in [0.15, 0.2) is 0 Å². The Kier molecular flexibility index (Phi) is 5.05. The molecule has 0 saturated heterocycles. The molecule has 2 unspecified atom stereocenters. The van der Waals surface area contributed by atoms with Gasteiger partial charge in [0.05, 0.1) is 6.54 Å². The highest BCUT2D eigenvalue weighted by atomic mass is 16.1. The van der Waals surface area contributed by atoms with Crippen molar-refractivity contribution in [1.29, 1.82) is 0 Å².